The van der Waals surface area contributed by atoms with Crippen LogP contribution in [0.3, 0.4) is 0 Å². The Kier molecular flexibility index (Phi) is 4.82. The fourth-order valence-electron chi connectivity index (χ4n) is 2.09. The molecule has 0 atom stereocenters. The Balaban J connectivity index is 1.90. The predicted molar refractivity (Wildman–Crippen MR) is 84.6 cm³/mol. The number of carbonyl (C=O) groups excluding carboxylic acids is 1. The molecule has 2 aromatic rings. The minimum absolute atomic E-state index is 0.0895. The third-order valence-corrected chi connectivity index (χ3v) is 3.36. The average molecular weight is 284 g/mol. The van der Waals surface area contributed by atoms with E-state index in [1.165, 1.54) is 0 Å². The molecular weight excluding hydrogens is 264 g/mol. The van der Waals surface area contributed by atoms with E-state index in [2.05, 4.69) is 5.32 Å². The molecule has 0 unspecified atom stereocenters. The molecule has 0 aliphatic rings. The van der Waals surface area contributed by atoms with E-state index >= 15 is 0 Å². The molecule has 0 bridgehead atoms. The number of nitrogen functional groups attached to an aromatic ring is 1. The first-order valence-electron chi connectivity index (χ1n) is 6.87. The molecular formula is C17H20N2O2. The highest BCUT2D eigenvalue weighted by atomic mass is 16.5. The van der Waals surface area contributed by atoms with Crippen LogP contribution < -0.4 is 15.8 Å². The predicted octanol–water partition coefficient (Wildman–Crippen LogP) is 2.56. The normalized spacial score (nSPS) is 10.2. The SMILES string of the molecule is COc1ccc(CCNC(=O)c2cc(N)ccc2C)cc1. The van der Waals surface area contributed by atoms with Gasteiger partial charge in [0.2, 0.25) is 0 Å². The number of ether oxygens (including phenoxy) is 1. The summed E-state index contributed by atoms with van der Waals surface area (Å²) in [6.07, 6.45) is 0.775. The van der Waals surface area contributed by atoms with Gasteiger partial charge in [0, 0.05) is 17.8 Å². The van der Waals surface area contributed by atoms with Gasteiger partial charge >= 0.3 is 0 Å². The number of methoxy groups -OCH3 is 1. The number of aryl methyl sites for hydroxylation is 1. The van der Waals surface area contributed by atoms with E-state index in [9.17, 15) is 4.79 Å². The molecule has 21 heavy (non-hydrogen) atoms. The lowest BCUT2D eigenvalue weighted by molar-refractivity contribution is 0.0953. The van der Waals surface area contributed by atoms with Gasteiger partial charge in [0.15, 0.2) is 0 Å². The summed E-state index contributed by atoms with van der Waals surface area (Å²) in [5, 5.41) is 2.92. The van der Waals surface area contributed by atoms with Crippen LogP contribution in [0.1, 0.15) is 21.5 Å². The minimum atomic E-state index is -0.0895. The van der Waals surface area contributed by atoms with E-state index in [-0.39, 0.29) is 5.91 Å². The molecule has 2 rings (SSSR count). The Labute approximate surface area is 124 Å². The Morgan fingerprint density at radius 1 is 1.19 bits per heavy atom. The number of anilines is 1. The van der Waals surface area contributed by atoms with E-state index in [1.807, 2.05) is 37.3 Å². The summed E-state index contributed by atoms with van der Waals surface area (Å²) >= 11 is 0. The zero-order valence-electron chi connectivity index (χ0n) is 12.3. The zero-order valence-corrected chi connectivity index (χ0v) is 12.3. The van der Waals surface area contributed by atoms with Crippen molar-refractivity contribution in [3.63, 3.8) is 0 Å². The maximum absolute atomic E-state index is 12.1. The van der Waals surface area contributed by atoms with Crippen LogP contribution in [0.4, 0.5) is 5.69 Å². The number of hydrogen-bond acceptors (Lipinski definition) is 3. The van der Waals surface area contributed by atoms with Crippen molar-refractivity contribution in [1.82, 2.24) is 5.32 Å². The molecule has 0 saturated carbocycles. The van der Waals surface area contributed by atoms with Gasteiger partial charge in [0.25, 0.3) is 5.91 Å². The molecule has 0 spiro atoms. The van der Waals surface area contributed by atoms with Crippen molar-refractivity contribution in [3.8, 4) is 5.75 Å². The Morgan fingerprint density at radius 3 is 2.57 bits per heavy atom. The fourth-order valence-corrected chi connectivity index (χ4v) is 2.09. The molecule has 4 nitrogen and oxygen atoms in total. The van der Waals surface area contributed by atoms with Crippen LogP contribution in [0.5, 0.6) is 5.75 Å². The summed E-state index contributed by atoms with van der Waals surface area (Å²) in [5.74, 6) is 0.742. The quantitative estimate of drug-likeness (QED) is 0.829. The molecule has 2 aromatic carbocycles. The second kappa shape index (κ2) is 6.79. The minimum Gasteiger partial charge on any atom is -0.497 e. The van der Waals surface area contributed by atoms with Gasteiger partial charge in [-0.2, -0.15) is 0 Å². The Morgan fingerprint density at radius 2 is 1.90 bits per heavy atom. The Hall–Kier alpha value is -2.49. The summed E-state index contributed by atoms with van der Waals surface area (Å²) in [6, 6.07) is 13.2. The van der Waals surface area contributed by atoms with Gasteiger partial charge in [-0.05, 0) is 48.7 Å². The van der Waals surface area contributed by atoms with Crippen molar-refractivity contribution in [1.29, 1.82) is 0 Å². The van der Waals surface area contributed by atoms with Crippen molar-refractivity contribution in [3.05, 3.63) is 59.2 Å². The number of carbonyl (C=O) groups is 1. The third kappa shape index (κ3) is 3.99. The highest BCUT2D eigenvalue weighted by molar-refractivity contribution is 5.96. The maximum atomic E-state index is 12.1. The van der Waals surface area contributed by atoms with E-state index in [0.717, 1.165) is 23.3 Å². The van der Waals surface area contributed by atoms with Gasteiger partial charge < -0.3 is 15.8 Å². The standard InChI is InChI=1S/C17H20N2O2/c1-12-3-6-14(18)11-16(12)17(20)19-10-9-13-4-7-15(21-2)8-5-13/h3-8,11H,9-10,18H2,1-2H3,(H,19,20). The number of amides is 1. The largest absolute Gasteiger partial charge is 0.497 e. The van der Waals surface area contributed by atoms with E-state index in [1.54, 1.807) is 19.2 Å². The van der Waals surface area contributed by atoms with Crippen LogP contribution in [0.2, 0.25) is 0 Å². The van der Waals surface area contributed by atoms with Crippen molar-refractivity contribution < 1.29 is 9.53 Å². The molecule has 1 amide bonds. The lowest BCUT2D eigenvalue weighted by atomic mass is 10.1. The fraction of sp³-hybridized carbons (Fsp3) is 0.235. The summed E-state index contributed by atoms with van der Waals surface area (Å²) in [7, 11) is 1.64. The van der Waals surface area contributed by atoms with Gasteiger partial charge in [0.1, 0.15) is 5.75 Å². The number of rotatable bonds is 5. The van der Waals surface area contributed by atoms with Gasteiger partial charge in [-0.1, -0.05) is 18.2 Å². The van der Waals surface area contributed by atoms with Crippen molar-refractivity contribution >= 4 is 11.6 Å². The molecule has 3 N–H and O–H groups in total. The number of nitrogens with two attached hydrogens (primary N) is 1. The van der Waals surface area contributed by atoms with Gasteiger partial charge in [-0.15, -0.1) is 0 Å². The smallest absolute Gasteiger partial charge is 0.251 e. The third-order valence-electron chi connectivity index (χ3n) is 3.36. The van der Waals surface area contributed by atoms with Crippen molar-refractivity contribution in [2.45, 2.75) is 13.3 Å². The van der Waals surface area contributed by atoms with Crippen LogP contribution in [0.25, 0.3) is 0 Å². The lowest BCUT2D eigenvalue weighted by Crippen LogP contribution is -2.26. The number of hydrogen-bond donors (Lipinski definition) is 2. The van der Waals surface area contributed by atoms with Crippen LogP contribution in [0.15, 0.2) is 42.5 Å². The average Bonchev–Trinajstić information content (AvgIpc) is 2.50. The zero-order chi connectivity index (χ0) is 15.2. The van der Waals surface area contributed by atoms with E-state index in [0.29, 0.717) is 17.8 Å². The molecule has 110 valence electrons. The first-order chi connectivity index (χ1) is 10.1. The van der Waals surface area contributed by atoms with Crippen LogP contribution in [-0.4, -0.2) is 19.6 Å². The summed E-state index contributed by atoms with van der Waals surface area (Å²) in [6.45, 7) is 2.48. The highest BCUT2D eigenvalue weighted by Crippen LogP contribution is 2.13. The second-order valence-corrected chi connectivity index (χ2v) is 4.93. The monoisotopic (exact) mass is 284 g/mol. The van der Waals surface area contributed by atoms with Crippen LogP contribution in [0, 0.1) is 6.92 Å². The molecule has 0 radical (unpaired) electrons. The summed E-state index contributed by atoms with van der Waals surface area (Å²) < 4.78 is 5.11. The molecule has 0 fully saturated rings. The number of nitrogens with one attached hydrogen (secondary N) is 1. The molecule has 0 aliphatic carbocycles. The molecule has 0 aromatic heterocycles. The first-order valence-corrected chi connectivity index (χ1v) is 6.87. The molecule has 4 heteroatoms. The summed E-state index contributed by atoms with van der Waals surface area (Å²) in [5.41, 5.74) is 9.02. The molecule has 0 heterocycles. The van der Waals surface area contributed by atoms with E-state index in [4.69, 9.17) is 10.5 Å². The Bertz CT molecular complexity index is 621. The van der Waals surface area contributed by atoms with Crippen molar-refractivity contribution in [2.75, 3.05) is 19.4 Å². The highest BCUT2D eigenvalue weighted by Gasteiger charge is 2.08. The van der Waals surface area contributed by atoms with Crippen LogP contribution in [-0.2, 0) is 6.42 Å². The summed E-state index contributed by atoms with van der Waals surface area (Å²) in [4.78, 5) is 12.1. The molecule has 0 aliphatic heterocycles. The van der Waals surface area contributed by atoms with Gasteiger partial charge in [-0.3, -0.25) is 4.79 Å². The van der Waals surface area contributed by atoms with Gasteiger partial charge in [0.05, 0.1) is 7.11 Å². The second-order valence-electron chi connectivity index (χ2n) is 4.93. The van der Waals surface area contributed by atoms with Crippen LogP contribution >= 0.6 is 0 Å². The lowest BCUT2D eigenvalue weighted by Gasteiger charge is -2.09. The van der Waals surface area contributed by atoms with E-state index < -0.39 is 0 Å². The topological polar surface area (TPSA) is 64.3 Å². The molecule has 0 saturated heterocycles. The first kappa shape index (κ1) is 14.9. The van der Waals surface area contributed by atoms with Crippen molar-refractivity contribution in [2.24, 2.45) is 0 Å². The maximum Gasteiger partial charge on any atom is 0.251 e. The number of benzene rings is 2. The van der Waals surface area contributed by atoms with Gasteiger partial charge in [-0.25, -0.2) is 0 Å².